The summed E-state index contributed by atoms with van der Waals surface area (Å²) in [4.78, 5) is 0.0908. The molecule has 0 spiro atoms. The second-order valence-corrected chi connectivity index (χ2v) is 8.85. The number of aliphatic hydroxyl groups is 1. The Morgan fingerprint density at radius 3 is 2.31 bits per heavy atom. The Labute approximate surface area is 163 Å². The van der Waals surface area contributed by atoms with Gasteiger partial charge in [-0.1, -0.05) is 50.1 Å². The number of rotatable bonds is 12. The maximum Gasteiger partial charge on any atom is 0.240 e. The highest BCUT2D eigenvalue weighted by Crippen LogP contribution is 2.31. The Morgan fingerprint density at radius 1 is 1.27 bits per heavy atom. The summed E-state index contributed by atoms with van der Waals surface area (Å²) < 4.78 is 28.5. The average Bonchev–Trinajstić information content (AvgIpc) is 2.62. The van der Waals surface area contributed by atoms with Gasteiger partial charge < -0.3 is 5.11 Å². The van der Waals surface area contributed by atoms with Crippen molar-refractivity contribution < 1.29 is 13.5 Å². The van der Waals surface area contributed by atoms with Gasteiger partial charge in [0.1, 0.15) is 0 Å². The SMILES string of the molecule is C=CCCC(O)(CCC=C)[C@@H](NS(=O)(=O)c1cccc(Cl)c1)[C@@H](C)CC. The number of hydrogen-bond acceptors (Lipinski definition) is 3. The highest BCUT2D eigenvalue weighted by molar-refractivity contribution is 7.89. The molecular formula is C20H30ClNO3S. The molecule has 1 aromatic rings. The molecule has 0 fully saturated rings. The highest BCUT2D eigenvalue weighted by Gasteiger charge is 2.40. The molecule has 0 saturated heterocycles. The van der Waals surface area contributed by atoms with Crippen LogP contribution < -0.4 is 4.72 Å². The molecule has 0 amide bonds. The van der Waals surface area contributed by atoms with Gasteiger partial charge in [0.05, 0.1) is 16.5 Å². The van der Waals surface area contributed by atoms with Crippen LogP contribution in [0.5, 0.6) is 0 Å². The van der Waals surface area contributed by atoms with Crippen LogP contribution in [0.15, 0.2) is 54.5 Å². The lowest BCUT2D eigenvalue weighted by Crippen LogP contribution is -2.55. The molecular weight excluding hydrogens is 370 g/mol. The molecule has 2 N–H and O–H groups in total. The molecule has 1 rings (SSSR count). The zero-order valence-corrected chi connectivity index (χ0v) is 17.2. The van der Waals surface area contributed by atoms with Crippen molar-refractivity contribution in [3.8, 4) is 0 Å². The molecule has 0 aliphatic heterocycles. The molecule has 146 valence electrons. The Balaban J connectivity index is 3.25. The maximum absolute atomic E-state index is 12.9. The van der Waals surface area contributed by atoms with Crippen molar-refractivity contribution in [1.29, 1.82) is 0 Å². The topological polar surface area (TPSA) is 66.4 Å². The Bertz CT molecular complexity index is 691. The van der Waals surface area contributed by atoms with E-state index < -0.39 is 21.7 Å². The normalized spacial score (nSPS) is 14.6. The second kappa shape index (κ2) is 10.3. The second-order valence-electron chi connectivity index (χ2n) is 6.70. The van der Waals surface area contributed by atoms with Gasteiger partial charge in [0.15, 0.2) is 0 Å². The van der Waals surface area contributed by atoms with E-state index >= 15 is 0 Å². The van der Waals surface area contributed by atoms with Crippen LogP contribution in [0.2, 0.25) is 5.02 Å². The molecule has 0 saturated carbocycles. The lowest BCUT2D eigenvalue weighted by Gasteiger charge is -2.40. The largest absolute Gasteiger partial charge is 0.388 e. The lowest BCUT2D eigenvalue weighted by atomic mass is 9.78. The Morgan fingerprint density at radius 2 is 1.85 bits per heavy atom. The van der Waals surface area contributed by atoms with Gasteiger partial charge >= 0.3 is 0 Å². The number of nitrogens with one attached hydrogen (secondary N) is 1. The minimum Gasteiger partial charge on any atom is -0.388 e. The molecule has 0 aliphatic rings. The van der Waals surface area contributed by atoms with Gasteiger partial charge in [-0.3, -0.25) is 0 Å². The Hall–Kier alpha value is -1.14. The summed E-state index contributed by atoms with van der Waals surface area (Å²) in [7, 11) is -3.82. The molecule has 0 radical (unpaired) electrons. The maximum atomic E-state index is 12.9. The van der Waals surface area contributed by atoms with Gasteiger partial charge in [-0.05, 0) is 49.8 Å². The Kier molecular flexibility index (Phi) is 9.04. The van der Waals surface area contributed by atoms with Crippen LogP contribution in [0.4, 0.5) is 0 Å². The predicted molar refractivity (Wildman–Crippen MR) is 109 cm³/mol. The van der Waals surface area contributed by atoms with Crippen LogP contribution in [-0.2, 0) is 10.0 Å². The smallest absolute Gasteiger partial charge is 0.240 e. The standard InChI is InChI=1S/C20H30ClNO3S/c1-5-8-13-20(23,14-9-6-2)19(16(4)7-3)22-26(24,25)18-12-10-11-17(21)15-18/h5-6,10-12,15-16,19,22-23H,1-2,7-9,13-14H2,3-4H3/t16-,19-/m0/s1. The molecule has 0 heterocycles. The van der Waals surface area contributed by atoms with E-state index in [-0.39, 0.29) is 10.8 Å². The van der Waals surface area contributed by atoms with Gasteiger partial charge in [0, 0.05) is 5.02 Å². The van der Waals surface area contributed by atoms with Crippen LogP contribution in [0.1, 0.15) is 46.0 Å². The molecule has 4 nitrogen and oxygen atoms in total. The molecule has 0 unspecified atom stereocenters. The monoisotopic (exact) mass is 399 g/mol. The molecule has 6 heteroatoms. The fourth-order valence-corrected chi connectivity index (χ4v) is 4.72. The summed E-state index contributed by atoms with van der Waals surface area (Å²) in [5, 5.41) is 11.7. The van der Waals surface area contributed by atoms with Crippen molar-refractivity contribution >= 4 is 21.6 Å². The molecule has 2 atom stereocenters. The summed E-state index contributed by atoms with van der Waals surface area (Å²) in [6, 6.07) is 5.49. The number of hydrogen-bond donors (Lipinski definition) is 2. The summed E-state index contributed by atoms with van der Waals surface area (Å²) in [5.41, 5.74) is -1.19. The van der Waals surface area contributed by atoms with Crippen molar-refractivity contribution in [2.75, 3.05) is 0 Å². The first-order chi connectivity index (χ1) is 12.2. The van der Waals surface area contributed by atoms with Crippen molar-refractivity contribution in [3.05, 3.63) is 54.6 Å². The van der Waals surface area contributed by atoms with E-state index in [0.717, 1.165) is 6.42 Å². The van der Waals surface area contributed by atoms with Crippen LogP contribution in [0.3, 0.4) is 0 Å². The van der Waals surface area contributed by atoms with Gasteiger partial charge in [-0.25, -0.2) is 13.1 Å². The van der Waals surface area contributed by atoms with E-state index in [1.54, 1.807) is 24.3 Å². The van der Waals surface area contributed by atoms with Gasteiger partial charge in [-0.15, -0.1) is 13.2 Å². The van der Waals surface area contributed by atoms with E-state index in [0.29, 0.717) is 30.7 Å². The lowest BCUT2D eigenvalue weighted by molar-refractivity contribution is -0.0226. The van der Waals surface area contributed by atoms with Gasteiger partial charge in [-0.2, -0.15) is 0 Å². The highest BCUT2D eigenvalue weighted by atomic mass is 35.5. The van der Waals surface area contributed by atoms with E-state index in [1.807, 2.05) is 13.8 Å². The van der Waals surface area contributed by atoms with E-state index in [4.69, 9.17) is 11.6 Å². The van der Waals surface area contributed by atoms with Crippen LogP contribution >= 0.6 is 11.6 Å². The molecule has 0 aliphatic carbocycles. The first kappa shape index (κ1) is 22.9. The van der Waals surface area contributed by atoms with Gasteiger partial charge in [0.2, 0.25) is 10.0 Å². The van der Waals surface area contributed by atoms with Crippen LogP contribution in [0.25, 0.3) is 0 Å². The average molecular weight is 400 g/mol. The minimum atomic E-state index is -3.82. The van der Waals surface area contributed by atoms with Crippen molar-refractivity contribution in [2.45, 2.75) is 62.5 Å². The minimum absolute atomic E-state index is 0.0522. The van der Waals surface area contributed by atoms with Crippen LogP contribution in [0, 0.1) is 5.92 Å². The number of sulfonamides is 1. The number of allylic oxidation sites excluding steroid dienone is 2. The van der Waals surface area contributed by atoms with E-state index in [9.17, 15) is 13.5 Å². The zero-order valence-electron chi connectivity index (χ0n) is 15.6. The third-order valence-corrected chi connectivity index (χ3v) is 6.42. The van der Waals surface area contributed by atoms with Crippen molar-refractivity contribution in [1.82, 2.24) is 4.72 Å². The first-order valence-electron chi connectivity index (χ1n) is 8.92. The summed E-state index contributed by atoms with van der Waals surface area (Å²) in [6.07, 6.45) is 6.25. The fraction of sp³-hybridized carbons (Fsp3) is 0.500. The van der Waals surface area contributed by atoms with Crippen molar-refractivity contribution in [2.24, 2.45) is 5.92 Å². The fourth-order valence-electron chi connectivity index (χ4n) is 3.00. The summed E-state index contributed by atoms with van der Waals surface area (Å²) >= 11 is 5.94. The quantitative estimate of drug-likeness (QED) is 0.501. The van der Waals surface area contributed by atoms with E-state index in [2.05, 4.69) is 17.9 Å². The van der Waals surface area contributed by atoms with E-state index in [1.165, 1.54) is 12.1 Å². The number of benzene rings is 1. The first-order valence-corrected chi connectivity index (χ1v) is 10.8. The predicted octanol–water partition coefficient (Wildman–Crippen LogP) is 4.70. The third kappa shape index (κ3) is 6.23. The number of halogens is 1. The zero-order chi connectivity index (χ0) is 19.8. The summed E-state index contributed by atoms with van der Waals surface area (Å²) in [5.74, 6) is -0.0522. The molecule has 26 heavy (non-hydrogen) atoms. The molecule has 0 bridgehead atoms. The third-order valence-electron chi connectivity index (χ3n) is 4.74. The van der Waals surface area contributed by atoms with Crippen molar-refractivity contribution in [3.63, 3.8) is 0 Å². The van der Waals surface area contributed by atoms with Crippen LogP contribution in [-0.4, -0.2) is 25.2 Å². The molecule has 0 aromatic heterocycles. The van der Waals surface area contributed by atoms with Gasteiger partial charge in [0.25, 0.3) is 0 Å². The summed E-state index contributed by atoms with van der Waals surface area (Å²) in [6.45, 7) is 11.4. The molecule has 1 aromatic carbocycles.